The van der Waals surface area contributed by atoms with Gasteiger partial charge in [0.2, 0.25) is 5.91 Å². The van der Waals surface area contributed by atoms with E-state index in [2.05, 4.69) is 16.0 Å². The Hall–Kier alpha value is -1.88. The highest BCUT2D eigenvalue weighted by Gasteiger charge is 2.53. The molecule has 1 aromatic carbocycles. The van der Waals surface area contributed by atoms with Crippen molar-refractivity contribution in [3.63, 3.8) is 0 Å². The van der Waals surface area contributed by atoms with Crippen LogP contribution in [0.4, 0.5) is 0 Å². The standard InChI is InChI=1S/C14H17N3O2/c1-13(10-5-3-2-4-6-10)11(18)17-14(12(19)16-13)7-8-15-9-14/h2-6,15H,7-9H2,1H3,(H,16,19)(H,17,18). The van der Waals surface area contributed by atoms with E-state index in [1.54, 1.807) is 6.92 Å². The third kappa shape index (κ3) is 1.73. The van der Waals surface area contributed by atoms with E-state index in [-0.39, 0.29) is 11.8 Å². The molecule has 5 nitrogen and oxygen atoms in total. The predicted molar refractivity (Wildman–Crippen MR) is 70.3 cm³/mol. The molecule has 2 aliphatic rings. The summed E-state index contributed by atoms with van der Waals surface area (Å²) in [5.41, 5.74) is -0.973. The Labute approximate surface area is 111 Å². The molecule has 5 heteroatoms. The first-order valence-corrected chi connectivity index (χ1v) is 6.48. The van der Waals surface area contributed by atoms with Crippen molar-refractivity contribution in [2.75, 3.05) is 13.1 Å². The first-order chi connectivity index (χ1) is 9.07. The normalized spacial score (nSPS) is 34.2. The van der Waals surface area contributed by atoms with Gasteiger partial charge in [-0.15, -0.1) is 0 Å². The Balaban J connectivity index is 1.95. The lowest BCUT2D eigenvalue weighted by Gasteiger charge is -2.42. The molecule has 0 aliphatic carbocycles. The maximum atomic E-state index is 12.5. The summed E-state index contributed by atoms with van der Waals surface area (Å²) in [5.74, 6) is -0.259. The van der Waals surface area contributed by atoms with Gasteiger partial charge in [0.15, 0.2) is 0 Å². The summed E-state index contributed by atoms with van der Waals surface area (Å²) in [6.07, 6.45) is 0.634. The van der Waals surface area contributed by atoms with Crippen LogP contribution in [0.25, 0.3) is 0 Å². The quantitative estimate of drug-likeness (QED) is 0.658. The number of carbonyl (C=O) groups is 2. The number of hydrogen-bond acceptors (Lipinski definition) is 3. The Morgan fingerprint density at radius 3 is 2.42 bits per heavy atom. The molecule has 2 heterocycles. The van der Waals surface area contributed by atoms with Gasteiger partial charge in [-0.1, -0.05) is 30.3 Å². The molecule has 0 bridgehead atoms. The van der Waals surface area contributed by atoms with E-state index in [1.807, 2.05) is 30.3 Å². The molecule has 2 amide bonds. The van der Waals surface area contributed by atoms with E-state index in [0.29, 0.717) is 13.0 Å². The van der Waals surface area contributed by atoms with Gasteiger partial charge in [-0.2, -0.15) is 0 Å². The van der Waals surface area contributed by atoms with Crippen LogP contribution in [-0.4, -0.2) is 30.4 Å². The maximum absolute atomic E-state index is 12.5. The van der Waals surface area contributed by atoms with E-state index < -0.39 is 11.1 Å². The summed E-state index contributed by atoms with van der Waals surface area (Å²) in [5, 5.41) is 8.94. The lowest BCUT2D eigenvalue weighted by molar-refractivity contribution is -0.145. The summed E-state index contributed by atoms with van der Waals surface area (Å²) in [7, 11) is 0. The number of benzene rings is 1. The minimum atomic E-state index is -0.994. The second kappa shape index (κ2) is 4.06. The largest absolute Gasteiger partial charge is 0.338 e. The zero-order valence-electron chi connectivity index (χ0n) is 10.8. The molecule has 3 N–H and O–H groups in total. The number of nitrogens with one attached hydrogen (secondary N) is 3. The summed E-state index contributed by atoms with van der Waals surface area (Å²) < 4.78 is 0. The van der Waals surface area contributed by atoms with Gasteiger partial charge in [-0.3, -0.25) is 9.59 Å². The molecule has 2 saturated heterocycles. The van der Waals surface area contributed by atoms with Gasteiger partial charge in [-0.05, 0) is 25.5 Å². The summed E-state index contributed by atoms with van der Waals surface area (Å²) in [4.78, 5) is 24.9. The van der Waals surface area contributed by atoms with E-state index in [1.165, 1.54) is 0 Å². The van der Waals surface area contributed by atoms with Crippen LogP contribution in [0.2, 0.25) is 0 Å². The van der Waals surface area contributed by atoms with Crippen molar-refractivity contribution in [3.05, 3.63) is 35.9 Å². The number of piperazine rings is 1. The van der Waals surface area contributed by atoms with Gasteiger partial charge in [0.05, 0.1) is 0 Å². The highest BCUT2D eigenvalue weighted by atomic mass is 16.2. The molecule has 0 radical (unpaired) electrons. The average molecular weight is 259 g/mol. The fourth-order valence-electron chi connectivity index (χ4n) is 2.77. The van der Waals surface area contributed by atoms with Crippen molar-refractivity contribution in [2.24, 2.45) is 0 Å². The van der Waals surface area contributed by atoms with E-state index >= 15 is 0 Å². The number of carbonyl (C=O) groups excluding carboxylic acids is 2. The van der Waals surface area contributed by atoms with E-state index in [0.717, 1.165) is 12.1 Å². The highest BCUT2D eigenvalue weighted by Crippen LogP contribution is 2.29. The molecule has 2 aliphatic heterocycles. The molecule has 2 unspecified atom stereocenters. The van der Waals surface area contributed by atoms with Crippen LogP contribution in [0.1, 0.15) is 18.9 Å². The number of amides is 2. The van der Waals surface area contributed by atoms with E-state index in [4.69, 9.17) is 0 Å². The predicted octanol–water partition coefficient (Wildman–Crippen LogP) is -0.120. The van der Waals surface area contributed by atoms with Gasteiger partial charge in [0.25, 0.3) is 5.91 Å². The van der Waals surface area contributed by atoms with Crippen LogP contribution in [0.15, 0.2) is 30.3 Å². The highest BCUT2D eigenvalue weighted by molar-refractivity contribution is 6.03. The third-order valence-electron chi connectivity index (χ3n) is 4.11. The Morgan fingerprint density at radius 2 is 1.79 bits per heavy atom. The van der Waals surface area contributed by atoms with Crippen LogP contribution in [0, 0.1) is 0 Å². The third-order valence-corrected chi connectivity index (χ3v) is 4.11. The second-order valence-electron chi connectivity index (χ2n) is 5.41. The van der Waals surface area contributed by atoms with E-state index in [9.17, 15) is 9.59 Å². The number of hydrogen-bond donors (Lipinski definition) is 3. The minimum absolute atomic E-state index is 0.108. The van der Waals surface area contributed by atoms with Gasteiger partial charge in [-0.25, -0.2) is 0 Å². The van der Waals surface area contributed by atoms with Gasteiger partial charge < -0.3 is 16.0 Å². The molecule has 1 aromatic rings. The molecule has 2 fully saturated rings. The molecule has 100 valence electrons. The fraction of sp³-hybridized carbons (Fsp3) is 0.429. The van der Waals surface area contributed by atoms with Gasteiger partial charge in [0, 0.05) is 6.54 Å². The molecule has 0 aromatic heterocycles. The van der Waals surface area contributed by atoms with Crippen LogP contribution in [0.3, 0.4) is 0 Å². The monoisotopic (exact) mass is 259 g/mol. The van der Waals surface area contributed by atoms with Crippen molar-refractivity contribution >= 4 is 11.8 Å². The summed E-state index contributed by atoms with van der Waals surface area (Å²) >= 11 is 0. The topological polar surface area (TPSA) is 70.2 Å². The average Bonchev–Trinajstić information content (AvgIpc) is 2.87. The zero-order valence-corrected chi connectivity index (χ0v) is 10.8. The summed E-state index contributed by atoms with van der Waals surface area (Å²) in [6.45, 7) is 2.98. The van der Waals surface area contributed by atoms with Crippen LogP contribution < -0.4 is 16.0 Å². The molecule has 0 saturated carbocycles. The Kier molecular flexibility index (Phi) is 2.60. The second-order valence-corrected chi connectivity index (χ2v) is 5.41. The zero-order chi connectivity index (χ0) is 13.5. The summed E-state index contributed by atoms with van der Waals surface area (Å²) in [6, 6.07) is 9.32. The smallest absolute Gasteiger partial charge is 0.251 e. The molecular weight excluding hydrogens is 242 g/mol. The minimum Gasteiger partial charge on any atom is -0.338 e. The van der Waals surface area contributed by atoms with Crippen LogP contribution in [-0.2, 0) is 15.1 Å². The van der Waals surface area contributed by atoms with Crippen molar-refractivity contribution in [1.29, 1.82) is 0 Å². The Bertz CT molecular complexity index is 523. The first-order valence-electron chi connectivity index (χ1n) is 6.48. The van der Waals surface area contributed by atoms with Gasteiger partial charge in [0.1, 0.15) is 11.1 Å². The first kappa shape index (κ1) is 12.2. The van der Waals surface area contributed by atoms with Crippen molar-refractivity contribution in [1.82, 2.24) is 16.0 Å². The Morgan fingerprint density at radius 1 is 1.05 bits per heavy atom. The van der Waals surface area contributed by atoms with Crippen LogP contribution >= 0.6 is 0 Å². The molecule has 19 heavy (non-hydrogen) atoms. The van der Waals surface area contributed by atoms with Gasteiger partial charge >= 0.3 is 0 Å². The fourth-order valence-corrected chi connectivity index (χ4v) is 2.77. The SMILES string of the molecule is CC1(c2ccccc2)NC(=O)C2(CCNC2)NC1=O. The maximum Gasteiger partial charge on any atom is 0.251 e. The van der Waals surface area contributed by atoms with Crippen LogP contribution in [0.5, 0.6) is 0 Å². The van der Waals surface area contributed by atoms with Crippen molar-refractivity contribution in [2.45, 2.75) is 24.4 Å². The number of rotatable bonds is 1. The molecular formula is C14H17N3O2. The van der Waals surface area contributed by atoms with Crippen molar-refractivity contribution in [3.8, 4) is 0 Å². The molecule has 3 rings (SSSR count). The lowest BCUT2D eigenvalue weighted by Crippen LogP contribution is -2.73. The molecule has 2 atom stereocenters. The lowest BCUT2D eigenvalue weighted by atomic mass is 9.83. The van der Waals surface area contributed by atoms with Crippen molar-refractivity contribution < 1.29 is 9.59 Å². The molecule has 1 spiro atoms.